The Morgan fingerprint density at radius 1 is 1.88 bits per heavy atom. The fraction of sp³-hybridized carbons (Fsp3) is 0. The Balaban J connectivity index is 3.25. The molecular weight excluding hydrogens is 108 g/mol. The van der Waals surface area contributed by atoms with Gasteiger partial charge in [0, 0.05) is 0 Å². The number of rotatable bonds is 0. The summed E-state index contributed by atoms with van der Waals surface area (Å²) in [5.41, 5.74) is -0.518. The van der Waals surface area contributed by atoms with Crippen molar-refractivity contribution in [3.8, 4) is 0 Å². The van der Waals surface area contributed by atoms with Crippen LogP contribution in [0.15, 0.2) is 15.4 Å². The third-order valence-electron chi connectivity index (χ3n) is 0.631. The Morgan fingerprint density at radius 3 is 2.88 bits per heavy atom. The summed E-state index contributed by atoms with van der Waals surface area (Å²) < 4.78 is 4.16. The molecule has 0 aliphatic carbocycles. The molecule has 1 heterocycles. The van der Waals surface area contributed by atoms with Crippen molar-refractivity contribution in [1.82, 2.24) is 5.16 Å². The molecule has 0 aliphatic heterocycles. The molecule has 0 spiro atoms. The van der Waals surface area contributed by atoms with Crippen LogP contribution in [0.1, 0.15) is 0 Å². The van der Waals surface area contributed by atoms with Crippen molar-refractivity contribution in [3.63, 3.8) is 0 Å². The number of nitrogens with one attached hydrogen (secondary N) is 1. The van der Waals surface area contributed by atoms with E-state index >= 15 is 0 Å². The van der Waals surface area contributed by atoms with Crippen molar-refractivity contribution >= 4 is 5.82 Å². The largest absolute Gasteiger partial charge is 0.370 e. The summed E-state index contributed by atoms with van der Waals surface area (Å²) >= 11 is 0. The van der Waals surface area contributed by atoms with Crippen LogP contribution in [-0.2, 0) is 0 Å². The third-order valence-corrected chi connectivity index (χ3v) is 0.631. The van der Waals surface area contributed by atoms with Crippen molar-refractivity contribution in [3.05, 3.63) is 27.9 Å². The minimum Gasteiger partial charge on any atom is -0.361 e. The Hall–Kier alpha value is -1.50. The van der Waals surface area contributed by atoms with E-state index in [0.717, 1.165) is 6.07 Å². The maximum atomic E-state index is 10.1. The average molecular weight is 110 g/mol. The van der Waals surface area contributed by atoms with Gasteiger partial charge >= 0.3 is 5.63 Å². The highest BCUT2D eigenvalue weighted by molar-refractivity contribution is 5.30. The van der Waals surface area contributed by atoms with E-state index in [0.29, 0.717) is 0 Å². The van der Waals surface area contributed by atoms with Gasteiger partial charge in [0.05, 0.1) is 6.07 Å². The molecule has 1 N–H and O–H groups in total. The summed E-state index contributed by atoms with van der Waals surface area (Å²) in [7, 11) is 0. The van der Waals surface area contributed by atoms with Crippen molar-refractivity contribution in [2.45, 2.75) is 0 Å². The zero-order valence-corrected chi connectivity index (χ0v) is 3.84. The summed E-state index contributed by atoms with van der Waals surface area (Å²) in [5, 5.41) is 2.11. The summed E-state index contributed by atoms with van der Waals surface area (Å²) in [6.07, 6.45) is 0. The van der Waals surface area contributed by atoms with Gasteiger partial charge in [-0.1, -0.05) is 6.57 Å². The Morgan fingerprint density at radius 2 is 2.62 bits per heavy atom. The van der Waals surface area contributed by atoms with Gasteiger partial charge in [-0.2, -0.15) is 0 Å². The highest BCUT2D eigenvalue weighted by atomic mass is 16.5. The minimum absolute atomic E-state index is 0.134. The van der Waals surface area contributed by atoms with E-state index in [-0.39, 0.29) is 5.82 Å². The average Bonchev–Trinajstić information content (AvgIpc) is 2.14. The lowest BCUT2D eigenvalue weighted by molar-refractivity contribution is 0.395. The second kappa shape index (κ2) is 1.54. The molecule has 0 atom stereocenters. The topological polar surface area (TPSA) is 50.4 Å². The number of aromatic amines is 1. The maximum Gasteiger partial charge on any atom is 0.370 e. The first-order valence-electron chi connectivity index (χ1n) is 1.89. The molecule has 4 nitrogen and oxygen atoms in total. The highest BCUT2D eigenvalue weighted by Gasteiger charge is 1.91. The van der Waals surface area contributed by atoms with Crippen molar-refractivity contribution in [2.75, 3.05) is 0 Å². The van der Waals surface area contributed by atoms with Gasteiger partial charge in [-0.05, 0) is 0 Å². The molecule has 0 aromatic carbocycles. The fourth-order valence-corrected chi connectivity index (χ4v) is 0.328. The van der Waals surface area contributed by atoms with Crippen LogP contribution in [0.5, 0.6) is 0 Å². The van der Waals surface area contributed by atoms with Crippen LogP contribution >= 0.6 is 0 Å². The van der Waals surface area contributed by atoms with Crippen molar-refractivity contribution < 1.29 is 4.52 Å². The Bertz CT molecular complexity index is 264. The molecule has 0 unspecified atom stereocenters. The summed E-state index contributed by atoms with van der Waals surface area (Å²) in [6.45, 7) is 6.35. The molecule has 4 heteroatoms. The van der Waals surface area contributed by atoms with Crippen LogP contribution in [-0.4, -0.2) is 5.16 Å². The predicted octanol–water partition coefficient (Wildman–Crippen LogP) is 0.519. The zero-order valence-electron chi connectivity index (χ0n) is 3.84. The SMILES string of the molecule is [C-]#[N+]c1cc(=O)o[nH]1. The van der Waals surface area contributed by atoms with Crippen LogP contribution in [0.4, 0.5) is 5.82 Å². The highest BCUT2D eigenvalue weighted by Crippen LogP contribution is 1.99. The molecule has 8 heavy (non-hydrogen) atoms. The number of nitrogens with zero attached hydrogens (tertiary/aromatic N) is 1. The second-order valence-corrected chi connectivity index (χ2v) is 1.16. The molecule has 0 saturated carbocycles. The lowest BCUT2D eigenvalue weighted by Crippen LogP contribution is -1.84. The lowest BCUT2D eigenvalue weighted by atomic mass is 10.7. The summed E-state index contributed by atoms with van der Waals surface area (Å²) in [5.74, 6) is 0.134. The maximum absolute atomic E-state index is 10.1. The predicted molar refractivity (Wildman–Crippen MR) is 25.6 cm³/mol. The molecular formula is C4H2N2O2. The van der Waals surface area contributed by atoms with Gasteiger partial charge in [0.2, 0.25) is 0 Å². The molecule has 0 bridgehead atoms. The molecule has 0 fully saturated rings. The van der Waals surface area contributed by atoms with Gasteiger partial charge in [0.15, 0.2) is 0 Å². The monoisotopic (exact) mass is 110 g/mol. The first-order chi connectivity index (χ1) is 3.83. The van der Waals surface area contributed by atoms with Crippen molar-refractivity contribution in [1.29, 1.82) is 0 Å². The smallest absolute Gasteiger partial charge is 0.361 e. The fourth-order valence-electron chi connectivity index (χ4n) is 0.328. The van der Waals surface area contributed by atoms with E-state index in [2.05, 4.69) is 14.5 Å². The zero-order chi connectivity index (χ0) is 5.98. The Labute approximate surface area is 44.5 Å². The summed E-state index contributed by atoms with van der Waals surface area (Å²) in [6, 6.07) is 1.09. The molecule has 1 aromatic heterocycles. The second-order valence-electron chi connectivity index (χ2n) is 1.16. The number of H-pyrrole nitrogens is 1. The Kier molecular flexibility index (Phi) is 0.897. The van der Waals surface area contributed by atoms with Crippen LogP contribution < -0.4 is 5.63 Å². The summed E-state index contributed by atoms with van der Waals surface area (Å²) in [4.78, 5) is 13.0. The number of aromatic nitrogens is 1. The first-order valence-corrected chi connectivity index (χ1v) is 1.89. The van der Waals surface area contributed by atoms with E-state index < -0.39 is 5.63 Å². The van der Waals surface area contributed by atoms with E-state index in [1.54, 1.807) is 0 Å². The van der Waals surface area contributed by atoms with Gasteiger partial charge in [-0.25, -0.2) is 4.79 Å². The van der Waals surface area contributed by atoms with Gasteiger partial charge in [0.1, 0.15) is 0 Å². The minimum atomic E-state index is -0.518. The molecule has 0 amide bonds. The lowest BCUT2D eigenvalue weighted by Gasteiger charge is -1.67. The number of hydrogen-bond acceptors (Lipinski definition) is 2. The van der Waals surface area contributed by atoms with Gasteiger partial charge in [0.25, 0.3) is 5.82 Å². The standard InChI is InChI=1S/C4H2N2O2/c1-5-3-2-4(7)8-6-3/h2,6H. The first kappa shape index (κ1) is 4.65. The molecule has 0 aliphatic rings. The molecule has 1 rings (SSSR count). The molecule has 40 valence electrons. The molecule has 0 saturated heterocycles. The van der Waals surface area contributed by atoms with Crippen LogP contribution in [0.25, 0.3) is 4.85 Å². The van der Waals surface area contributed by atoms with E-state index in [4.69, 9.17) is 6.57 Å². The van der Waals surface area contributed by atoms with Crippen molar-refractivity contribution in [2.24, 2.45) is 0 Å². The normalized spacial score (nSPS) is 8.38. The number of hydrogen-bond donors (Lipinski definition) is 1. The molecule has 0 radical (unpaired) electrons. The quantitative estimate of drug-likeness (QED) is 0.495. The van der Waals surface area contributed by atoms with E-state index in [1.807, 2.05) is 0 Å². The molecule has 1 aromatic rings. The van der Waals surface area contributed by atoms with Crippen LogP contribution in [0.2, 0.25) is 0 Å². The third kappa shape index (κ3) is 0.611. The van der Waals surface area contributed by atoms with E-state index in [1.165, 1.54) is 0 Å². The van der Waals surface area contributed by atoms with Gasteiger partial charge in [-0.3, -0.25) is 4.52 Å². The van der Waals surface area contributed by atoms with E-state index in [9.17, 15) is 4.79 Å². The van der Waals surface area contributed by atoms with Crippen LogP contribution in [0.3, 0.4) is 0 Å². The van der Waals surface area contributed by atoms with Gasteiger partial charge in [-0.15, -0.1) is 5.16 Å². The van der Waals surface area contributed by atoms with Gasteiger partial charge < -0.3 is 4.85 Å². The van der Waals surface area contributed by atoms with Crippen LogP contribution in [0, 0.1) is 6.57 Å².